The van der Waals surface area contributed by atoms with Gasteiger partial charge < -0.3 is 9.64 Å². The fourth-order valence-electron chi connectivity index (χ4n) is 3.94. The average Bonchev–Trinajstić information content (AvgIpc) is 2.69. The molecule has 0 radical (unpaired) electrons. The number of hydrogen-bond acceptors (Lipinski definition) is 2. The molecule has 1 aliphatic heterocycles. The first-order valence-corrected chi connectivity index (χ1v) is 9.42. The van der Waals surface area contributed by atoms with Crippen LogP contribution in [0.5, 0.6) is 0 Å². The van der Waals surface area contributed by atoms with Crippen LogP contribution in [0.15, 0.2) is 84.4 Å². The Morgan fingerprint density at radius 3 is 2.30 bits per heavy atom. The maximum atomic E-state index is 5.58. The molecule has 3 aromatic carbocycles. The number of fused-ring (bicyclic) bond motifs is 1. The summed E-state index contributed by atoms with van der Waals surface area (Å²) in [4.78, 5) is 2.51. The van der Waals surface area contributed by atoms with Crippen molar-refractivity contribution in [3.05, 3.63) is 107 Å². The molecule has 0 spiro atoms. The Kier molecular flexibility index (Phi) is 5.08. The molecule has 1 aliphatic rings. The lowest BCUT2D eigenvalue weighted by atomic mass is 9.89. The lowest BCUT2D eigenvalue weighted by Crippen LogP contribution is -2.33. The predicted molar refractivity (Wildman–Crippen MR) is 113 cm³/mol. The second-order valence-electron chi connectivity index (χ2n) is 7.14. The van der Waals surface area contributed by atoms with Crippen molar-refractivity contribution in [1.29, 1.82) is 0 Å². The SMILES string of the molecule is COCC1=Cc2cc(C)ccc2N(Cc2ccccc2)C1c1ccccc1. The van der Waals surface area contributed by atoms with E-state index in [4.69, 9.17) is 4.74 Å². The number of aryl methyl sites for hydroxylation is 1. The lowest BCUT2D eigenvalue weighted by Gasteiger charge is -2.40. The summed E-state index contributed by atoms with van der Waals surface area (Å²) in [5.41, 5.74) is 7.72. The van der Waals surface area contributed by atoms with Crippen molar-refractivity contribution >= 4 is 11.8 Å². The van der Waals surface area contributed by atoms with Crippen LogP contribution in [0, 0.1) is 6.92 Å². The monoisotopic (exact) mass is 355 g/mol. The molecule has 0 bridgehead atoms. The molecule has 136 valence electrons. The van der Waals surface area contributed by atoms with E-state index < -0.39 is 0 Å². The minimum absolute atomic E-state index is 0.168. The third-order valence-electron chi connectivity index (χ3n) is 5.12. The Morgan fingerprint density at radius 1 is 0.889 bits per heavy atom. The van der Waals surface area contributed by atoms with E-state index in [0.29, 0.717) is 6.61 Å². The topological polar surface area (TPSA) is 12.5 Å². The van der Waals surface area contributed by atoms with E-state index >= 15 is 0 Å². The van der Waals surface area contributed by atoms with Gasteiger partial charge in [0.05, 0.1) is 12.6 Å². The summed E-state index contributed by atoms with van der Waals surface area (Å²) in [6, 6.07) is 28.3. The van der Waals surface area contributed by atoms with Gasteiger partial charge in [-0.1, -0.05) is 72.3 Å². The fourth-order valence-corrected chi connectivity index (χ4v) is 3.94. The van der Waals surface area contributed by atoms with Gasteiger partial charge in [0.15, 0.2) is 0 Å². The molecule has 27 heavy (non-hydrogen) atoms. The molecule has 2 heteroatoms. The van der Waals surface area contributed by atoms with Crippen LogP contribution in [0.25, 0.3) is 6.08 Å². The zero-order chi connectivity index (χ0) is 18.6. The quantitative estimate of drug-likeness (QED) is 0.575. The molecule has 0 amide bonds. The average molecular weight is 355 g/mol. The number of anilines is 1. The highest BCUT2D eigenvalue weighted by atomic mass is 16.5. The molecule has 0 aliphatic carbocycles. The van der Waals surface area contributed by atoms with Crippen LogP contribution in [-0.2, 0) is 11.3 Å². The zero-order valence-corrected chi connectivity index (χ0v) is 15.9. The molecule has 3 aromatic rings. The van der Waals surface area contributed by atoms with Crippen molar-refractivity contribution in [3.8, 4) is 0 Å². The predicted octanol–water partition coefficient (Wildman–Crippen LogP) is 5.79. The van der Waals surface area contributed by atoms with Crippen molar-refractivity contribution in [2.45, 2.75) is 19.5 Å². The molecule has 0 saturated carbocycles. The van der Waals surface area contributed by atoms with Crippen molar-refractivity contribution in [1.82, 2.24) is 0 Å². The molecule has 0 N–H and O–H groups in total. The molecular formula is C25H25NO. The maximum absolute atomic E-state index is 5.58. The molecule has 1 atom stereocenters. The number of nitrogens with zero attached hydrogens (tertiary/aromatic N) is 1. The highest BCUT2D eigenvalue weighted by molar-refractivity contribution is 5.76. The van der Waals surface area contributed by atoms with Gasteiger partial charge in [0.2, 0.25) is 0 Å². The number of rotatable bonds is 5. The lowest BCUT2D eigenvalue weighted by molar-refractivity contribution is 0.220. The Bertz CT molecular complexity index is 931. The van der Waals surface area contributed by atoms with Gasteiger partial charge in [-0.2, -0.15) is 0 Å². The van der Waals surface area contributed by atoms with Gasteiger partial charge in [-0.3, -0.25) is 0 Å². The number of benzene rings is 3. The second kappa shape index (κ2) is 7.81. The van der Waals surface area contributed by atoms with E-state index in [2.05, 4.69) is 96.8 Å². The standard InChI is InChI=1S/C25H25NO/c1-19-13-14-24-22(15-19)16-23(18-27-2)25(21-11-7-4-8-12-21)26(24)17-20-9-5-3-6-10-20/h3-16,25H,17-18H2,1-2H3. The van der Waals surface area contributed by atoms with Gasteiger partial charge in [0.1, 0.15) is 0 Å². The van der Waals surface area contributed by atoms with E-state index in [-0.39, 0.29) is 6.04 Å². The summed E-state index contributed by atoms with van der Waals surface area (Å²) >= 11 is 0. The minimum Gasteiger partial charge on any atom is -0.380 e. The van der Waals surface area contributed by atoms with E-state index in [1.54, 1.807) is 7.11 Å². The largest absolute Gasteiger partial charge is 0.380 e. The highest BCUT2D eigenvalue weighted by Crippen LogP contribution is 2.42. The van der Waals surface area contributed by atoms with Crippen LogP contribution in [0.4, 0.5) is 5.69 Å². The molecule has 0 aromatic heterocycles. The summed E-state index contributed by atoms with van der Waals surface area (Å²) in [6.07, 6.45) is 2.31. The summed E-state index contributed by atoms with van der Waals surface area (Å²) < 4.78 is 5.58. The molecule has 0 saturated heterocycles. The van der Waals surface area contributed by atoms with E-state index in [1.807, 2.05) is 0 Å². The first-order valence-electron chi connectivity index (χ1n) is 9.42. The highest BCUT2D eigenvalue weighted by Gasteiger charge is 2.30. The molecule has 0 fully saturated rings. The van der Waals surface area contributed by atoms with Crippen LogP contribution < -0.4 is 4.90 Å². The summed E-state index contributed by atoms with van der Waals surface area (Å²) in [5.74, 6) is 0. The zero-order valence-electron chi connectivity index (χ0n) is 15.9. The van der Waals surface area contributed by atoms with Gasteiger partial charge in [0, 0.05) is 19.3 Å². The fraction of sp³-hybridized carbons (Fsp3) is 0.200. The van der Waals surface area contributed by atoms with Crippen LogP contribution in [0.3, 0.4) is 0 Å². The van der Waals surface area contributed by atoms with Crippen LogP contribution in [0.2, 0.25) is 0 Å². The summed E-state index contributed by atoms with van der Waals surface area (Å²) in [5, 5.41) is 0. The molecule has 1 heterocycles. The third-order valence-corrected chi connectivity index (χ3v) is 5.12. The summed E-state index contributed by atoms with van der Waals surface area (Å²) in [6.45, 7) is 3.63. The van der Waals surface area contributed by atoms with Gasteiger partial charge in [-0.05, 0) is 47.4 Å². The van der Waals surface area contributed by atoms with Crippen molar-refractivity contribution in [3.63, 3.8) is 0 Å². The van der Waals surface area contributed by atoms with Crippen molar-refractivity contribution < 1.29 is 4.74 Å². The molecule has 2 nitrogen and oxygen atoms in total. The first-order chi connectivity index (χ1) is 13.3. The molecule has 1 unspecified atom stereocenters. The molecule has 4 rings (SSSR count). The van der Waals surface area contributed by atoms with Crippen LogP contribution >= 0.6 is 0 Å². The second-order valence-corrected chi connectivity index (χ2v) is 7.14. The smallest absolute Gasteiger partial charge is 0.0785 e. The van der Waals surface area contributed by atoms with Gasteiger partial charge in [0.25, 0.3) is 0 Å². The Morgan fingerprint density at radius 2 is 1.59 bits per heavy atom. The van der Waals surface area contributed by atoms with Gasteiger partial charge >= 0.3 is 0 Å². The van der Waals surface area contributed by atoms with E-state index in [1.165, 1.54) is 33.5 Å². The molecular weight excluding hydrogens is 330 g/mol. The van der Waals surface area contributed by atoms with E-state index in [0.717, 1.165) is 6.54 Å². The van der Waals surface area contributed by atoms with Crippen LogP contribution in [0.1, 0.15) is 28.3 Å². The van der Waals surface area contributed by atoms with E-state index in [9.17, 15) is 0 Å². The normalized spacial score (nSPS) is 16.0. The Hall–Kier alpha value is -2.84. The first kappa shape index (κ1) is 17.6. The number of methoxy groups -OCH3 is 1. The minimum atomic E-state index is 0.168. The number of hydrogen-bond donors (Lipinski definition) is 0. The Labute approximate surface area is 161 Å². The van der Waals surface area contributed by atoms with Crippen molar-refractivity contribution in [2.75, 3.05) is 18.6 Å². The van der Waals surface area contributed by atoms with Crippen molar-refractivity contribution in [2.24, 2.45) is 0 Å². The third kappa shape index (κ3) is 3.67. The summed E-state index contributed by atoms with van der Waals surface area (Å²) in [7, 11) is 1.77. The van der Waals surface area contributed by atoms with Gasteiger partial charge in [-0.25, -0.2) is 0 Å². The maximum Gasteiger partial charge on any atom is 0.0785 e. The van der Waals surface area contributed by atoms with Crippen LogP contribution in [-0.4, -0.2) is 13.7 Å². The number of ether oxygens (including phenoxy) is 1. The van der Waals surface area contributed by atoms with Gasteiger partial charge in [-0.15, -0.1) is 0 Å². The Balaban J connectivity index is 1.85.